The molecule has 8 heteroatoms. The summed E-state index contributed by atoms with van der Waals surface area (Å²) in [5.74, 6) is 0.385. The molecule has 35 heavy (non-hydrogen) atoms. The SMILES string of the molecule is Cc1cccc(N2CCN(S(=O)(=O)CCNC(=O)C3c4ccccc4Oc4ccccc43)CC2)c1. The predicted molar refractivity (Wildman–Crippen MR) is 137 cm³/mol. The number of piperazine rings is 1. The highest BCUT2D eigenvalue weighted by molar-refractivity contribution is 7.89. The minimum Gasteiger partial charge on any atom is -0.457 e. The van der Waals surface area contributed by atoms with E-state index in [-0.39, 0.29) is 18.2 Å². The van der Waals surface area contributed by atoms with E-state index in [4.69, 9.17) is 4.74 Å². The third-order valence-corrected chi connectivity index (χ3v) is 8.47. The maximum absolute atomic E-state index is 13.2. The maximum atomic E-state index is 13.2. The Morgan fingerprint density at radius 1 is 0.914 bits per heavy atom. The first-order valence-electron chi connectivity index (χ1n) is 11.9. The van der Waals surface area contributed by atoms with Gasteiger partial charge in [0.05, 0.1) is 11.7 Å². The van der Waals surface area contributed by atoms with E-state index >= 15 is 0 Å². The first-order valence-corrected chi connectivity index (χ1v) is 13.5. The van der Waals surface area contributed by atoms with Gasteiger partial charge >= 0.3 is 0 Å². The van der Waals surface area contributed by atoms with Crippen LogP contribution in [0.5, 0.6) is 11.5 Å². The molecular weight excluding hydrogens is 462 g/mol. The molecule has 3 aromatic rings. The molecule has 182 valence electrons. The Morgan fingerprint density at radius 3 is 2.17 bits per heavy atom. The van der Waals surface area contributed by atoms with Gasteiger partial charge in [0, 0.05) is 49.5 Å². The van der Waals surface area contributed by atoms with Crippen molar-refractivity contribution in [2.75, 3.05) is 43.4 Å². The van der Waals surface area contributed by atoms with Crippen molar-refractivity contribution in [2.24, 2.45) is 0 Å². The van der Waals surface area contributed by atoms with Gasteiger partial charge in [-0.25, -0.2) is 8.42 Å². The highest BCUT2D eigenvalue weighted by atomic mass is 32.2. The summed E-state index contributed by atoms with van der Waals surface area (Å²) in [4.78, 5) is 15.4. The number of fused-ring (bicyclic) bond motifs is 2. The standard InChI is InChI=1S/C27H29N3O4S/c1-20-7-6-8-21(19-20)29-14-16-30(17-15-29)35(32,33)18-13-28-27(31)26-22-9-2-4-11-24(22)34-25-12-5-3-10-23(25)26/h2-12,19,26H,13-18H2,1H3,(H,28,31). The minimum atomic E-state index is -3.48. The molecule has 5 rings (SSSR count). The zero-order valence-corrected chi connectivity index (χ0v) is 20.5. The molecular formula is C27H29N3O4S. The lowest BCUT2D eigenvalue weighted by Gasteiger charge is -2.35. The number of anilines is 1. The topological polar surface area (TPSA) is 79.0 Å². The maximum Gasteiger partial charge on any atom is 0.232 e. The number of ether oxygens (including phenoxy) is 1. The van der Waals surface area contributed by atoms with Gasteiger partial charge in [-0.2, -0.15) is 4.31 Å². The number of carbonyl (C=O) groups is 1. The fraction of sp³-hybridized carbons (Fsp3) is 0.296. The third kappa shape index (κ3) is 4.90. The van der Waals surface area contributed by atoms with Crippen LogP contribution in [0.4, 0.5) is 5.69 Å². The van der Waals surface area contributed by atoms with Crippen LogP contribution in [-0.4, -0.2) is 57.1 Å². The van der Waals surface area contributed by atoms with E-state index in [0.29, 0.717) is 37.7 Å². The summed E-state index contributed by atoms with van der Waals surface area (Å²) in [5, 5.41) is 2.86. The molecule has 0 aliphatic carbocycles. The van der Waals surface area contributed by atoms with Crippen LogP contribution in [0.3, 0.4) is 0 Å². The number of aryl methyl sites for hydroxylation is 1. The number of para-hydroxylation sites is 2. The van der Waals surface area contributed by atoms with Crippen molar-refractivity contribution in [3.8, 4) is 11.5 Å². The Hall–Kier alpha value is -3.36. The van der Waals surface area contributed by atoms with E-state index in [9.17, 15) is 13.2 Å². The Balaban J connectivity index is 1.20. The Labute approximate surface area is 206 Å². The molecule has 1 amide bonds. The molecule has 0 bridgehead atoms. The minimum absolute atomic E-state index is 0.0565. The van der Waals surface area contributed by atoms with E-state index in [1.165, 1.54) is 9.87 Å². The molecule has 2 aliphatic heterocycles. The van der Waals surface area contributed by atoms with Crippen LogP contribution >= 0.6 is 0 Å². The molecule has 7 nitrogen and oxygen atoms in total. The Morgan fingerprint density at radius 2 is 1.54 bits per heavy atom. The van der Waals surface area contributed by atoms with Gasteiger partial charge in [0.1, 0.15) is 11.5 Å². The van der Waals surface area contributed by atoms with E-state index in [2.05, 4.69) is 35.3 Å². The van der Waals surface area contributed by atoms with Gasteiger partial charge in [-0.3, -0.25) is 4.79 Å². The molecule has 1 N–H and O–H groups in total. The van der Waals surface area contributed by atoms with Crippen LogP contribution in [0.25, 0.3) is 0 Å². The number of benzene rings is 3. The summed E-state index contributed by atoms with van der Waals surface area (Å²) >= 11 is 0. The lowest BCUT2D eigenvalue weighted by molar-refractivity contribution is -0.121. The van der Waals surface area contributed by atoms with Gasteiger partial charge in [0.2, 0.25) is 15.9 Å². The number of rotatable bonds is 6. The van der Waals surface area contributed by atoms with Crippen molar-refractivity contribution in [1.82, 2.24) is 9.62 Å². The number of hydrogen-bond donors (Lipinski definition) is 1. The van der Waals surface area contributed by atoms with Crippen LogP contribution in [0.2, 0.25) is 0 Å². The summed E-state index contributed by atoms with van der Waals surface area (Å²) in [7, 11) is -3.48. The first-order chi connectivity index (χ1) is 16.9. The summed E-state index contributed by atoms with van der Waals surface area (Å²) in [6.45, 7) is 4.27. The van der Waals surface area contributed by atoms with Crippen LogP contribution in [0, 0.1) is 6.92 Å². The van der Waals surface area contributed by atoms with Crippen molar-refractivity contribution in [2.45, 2.75) is 12.8 Å². The zero-order valence-electron chi connectivity index (χ0n) is 19.7. The second kappa shape index (κ2) is 9.71. The van der Waals surface area contributed by atoms with Crippen LogP contribution < -0.4 is 15.0 Å². The average molecular weight is 492 g/mol. The number of amides is 1. The second-order valence-electron chi connectivity index (χ2n) is 8.94. The zero-order chi connectivity index (χ0) is 24.4. The van der Waals surface area contributed by atoms with Crippen molar-refractivity contribution in [3.63, 3.8) is 0 Å². The van der Waals surface area contributed by atoms with Crippen molar-refractivity contribution in [1.29, 1.82) is 0 Å². The lowest BCUT2D eigenvalue weighted by Crippen LogP contribution is -2.50. The predicted octanol–water partition coefficient (Wildman–Crippen LogP) is 3.50. The van der Waals surface area contributed by atoms with Crippen molar-refractivity contribution >= 4 is 21.6 Å². The Bertz CT molecular complexity index is 1290. The molecule has 2 heterocycles. The summed E-state index contributed by atoms with van der Waals surface area (Å²) in [5.41, 5.74) is 3.85. The quantitative estimate of drug-likeness (QED) is 0.571. The van der Waals surface area contributed by atoms with Crippen molar-refractivity contribution < 1.29 is 17.9 Å². The van der Waals surface area contributed by atoms with Gasteiger partial charge in [0.15, 0.2) is 0 Å². The molecule has 0 radical (unpaired) electrons. The number of hydrogen-bond acceptors (Lipinski definition) is 5. The fourth-order valence-corrected chi connectivity index (χ4v) is 6.11. The molecule has 2 aliphatic rings. The van der Waals surface area contributed by atoms with E-state index < -0.39 is 15.9 Å². The monoisotopic (exact) mass is 491 g/mol. The average Bonchev–Trinajstić information content (AvgIpc) is 2.87. The summed E-state index contributed by atoms with van der Waals surface area (Å²) in [6, 6.07) is 23.2. The largest absolute Gasteiger partial charge is 0.457 e. The summed E-state index contributed by atoms with van der Waals surface area (Å²) in [6.07, 6.45) is 0. The van der Waals surface area contributed by atoms with Gasteiger partial charge in [-0.1, -0.05) is 48.5 Å². The van der Waals surface area contributed by atoms with Crippen LogP contribution in [-0.2, 0) is 14.8 Å². The van der Waals surface area contributed by atoms with Crippen LogP contribution in [0.15, 0.2) is 72.8 Å². The fourth-order valence-electron chi connectivity index (χ4n) is 4.78. The third-order valence-electron chi connectivity index (χ3n) is 6.60. The van der Waals surface area contributed by atoms with Crippen LogP contribution in [0.1, 0.15) is 22.6 Å². The lowest BCUT2D eigenvalue weighted by atomic mass is 9.87. The van der Waals surface area contributed by atoms with E-state index in [1.54, 1.807) is 0 Å². The molecule has 3 aromatic carbocycles. The van der Waals surface area contributed by atoms with Gasteiger partial charge in [-0.05, 0) is 36.8 Å². The molecule has 0 spiro atoms. The van der Waals surface area contributed by atoms with Gasteiger partial charge in [-0.15, -0.1) is 0 Å². The van der Waals surface area contributed by atoms with E-state index in [0.717, 1.165) is 16.8 Å². The molecule has 0 saturated carbocycles. The highest BCUT2D eigenvalue weighted by Gasteiger charge is 2.33. The molecule has 1 saturated heterocycles. The summed E-state index contributed by atoms with van der Waals surface area (Å²) < 4.78 is 33.4. The smallest absolute Gasteiger partial charge is 0.232 e. The molecule has 1 fully saturated rings. The number of nitrogens with zero attached hydrogens (tertiary/aromatic N) is 2. The highest BCUT2D eigenvalue weighted by Crippen LogP contribution is 2.43. The molecule has 0 unspecified atom stereocenters. The second-order valence-corrected chi connectivity index (χ2v) is 11.0. The number of nitrogens with one attached hydrogen (secondary N) is 1. The van der Waals surface area contributed by atoms with Gasteiger partial charge in [0.25, 0.3) is 0 Å². The van der Waals surface area contributed by atoms with Gasteiger partial charge < -0.3 is 15.0 Å². The van der Waals surface area contributed by atoms with E-state index in [1.807, 2.05) is 54.6 Å². The molecule has 0 aromatic heterocycles. The number of sulfonamides is 1. The first kappa shape index (κ1) is 23.4. The molecule has 0 atom stereocenters. The number of carbonyl (C=O) groups excluding carboxylic acids is 1. The Kier molecular flexibility index (Phi) is 6.49. The van der Waals surface area contributed by atoms with Crippen molar-refractivity contribution in [3.05, 3.63) is 89.5 Å². The normalized spacial score (nSPS) is 16.2.